The monoisotopic (exact) mass is 241 g/mol. The van der Waals surface area contributed by atoms with Crippen LogP contribution in [-0.2, 0) is 4.74 Å². The Hall–Kier alpha value is -0.160. The van der Waals surface area contributed by atoms with Crippen molar-refractivity contribution in [3.05, 3.63) is 12.3 Å². The fraction of sp³-hybridized carbons (Fsp3) is 0.714. The van der Waals surface area contributed by atoms with E-state index in [1.807, 2.05) is 0 Å². The van der Waals surface area contributed by atoms with Crippen LogP contribution in [0.15, 0.2) is 12.3 Å². The van der Waals surface area contributed by atoms with E-state index >= 15 is 0 Å². The molecule has 2 nitrogen and oxygen atoms in total. The molecule has 0 radical (unpaired) electrons. The van der Waals surface area contributed by atoms with E-state index in [1.54, 1.807) is 0 Å². The summed E-state index contributed by atoms with van der Waals surface area (Å²) in [5.41, 5.74) is -0.189. The Morgan fingerprint density at radius 3 is 2.33 bits per heavy atom. The van der Waals surface area contributed by atoms with Crippen molar-refractivity contribution in [2.75, 3.05) is 26.3 Å². The second kappa shape index (κ2) is 3.70. The number of morpholine rings is 1. The van der Waals surface area contributed by atoms with Crippen molar-refractivity contribution in [2.24, 2.45) is 0 Å². The van der Waals surface area contributed by atoms with E-state index < -0.39 is 4.83 Å². The van der Waals surface area contributed by atoms with E-state index in [2.05, 4.69) is 22.5 Å². The highest BCUT2D eigenvalue weighted by molar-refractivity contribution is 9.10. The van der Waals surface area contributed by atoms with Crippen LogP contribution in [0.4, 0.5) is 8.78 Å². The minimum absolute atomic E-state index is 0.189. The summed E-state index contributed by atoms with van der Waals surface area (Å²) in [6.07, 6.45) is 0. The van der Waals surface area contributed by atoms with Gasteiger partial charge in [0.1, 0.15) is 0 Å². The zero-order valence-electron chi connectivity index (χ0n) is 6.52. The fourth-order valence-electron chi connectivity index (χ4n) is 1.01. The number of alkyl halides is 3. The normalized spacial score (nSPS) is 19.4. The lowest BCUT2D eigenvalue weighted by molar-refractivity contribution is 0.0285. The molecule has 1 aliphatic rings. The Kier molecular flexibility index (Phi) is 3.06. The third-order valence-corrected chi connectivity index (χ3v) is 2.18. The van der Waals surface area contributed by atoms with Gasteiger partial charge in [-0.1, -0.05) is 6.58 Å². The topological polar surface area (TPSA) is 12.5 Å². The van der Waals surface area contributed by atoms with E-state index in [0.29, 0.717) is 26.3 Å². The maximum Gasteiger partial charge on any atom is 0.340 e. The Balaban J connectivity index is 2.51. The van der Waals surface area contributed by atoms with Crippen molar-refractivity contribution in [1.29, 1.82) is 0 Å². The first-order valence-corrected chi connectivity index (χ1v) is 4.40. The van der Waals surface area contributed by atoms with Crippen molar-refractivity contribution in [3.63, 3.8) is 0 Å². The third kappa shape index (κ3) is 2.42. The van der Waals surface area contributed by atoms with Gasteiger partial charge in [0.15, 0.2) is 0 Å². The molecule has 1 saturated heterocycles. The molecule has 0 unspecified atom stereocenters. The van der Waals surface area contributed by atoms with Gasteiger partial charge < -0.3 is 9.64 Å². The zero-order valence-corrected chi connectivity index (χ0v) is 8.11. The molecule has 0 bridgehead atoms. The summed E-state index contributed by atoms with van der Waals surface area (Å²) in [6, 6.07) is 0. The highest BCUT2D eigenvalue weighted by Crippen LogP contribution is 2.32. The molecule has 1 heterocycles. The number of halogens is 3. The van der Waals surface area contributed by atoms with Gasteiger partial charge in [0, 0.05) is 13.1 Å². The van der Waals surface area contributed by atoms with Crippen molar-refractivity contribution in [1.82, 2.24) is 4.90 Å². The van der Waals surface area contributed by atoms with E-state index in [4.69, 9.17) is 4.74 Å². The molecule has 70 valence electrons. The first-order valence-electron chi connectivity index (χ1n) is 3.60. The third-order valence-electron chi connectivity index (χ3n) is 1.72. The standard InChI is InChI=1S/C7H10BrF2NO/c1-6(7(8,9)10)11-2-4-12-5-3-11/h1-5H2. The second-order valence-electron chi connectivity index (χ2n) is 2.54. The zero-order chi connectivity index (χ0) is 9.19. The van der Waals surface area contributed by atoms with Crippen LogP contribution in [0.25, 0.3) is 0 Å². The number of rotatable bonds is 2. The minimum atomic E-state index is -3.00. The molecule has 0 aromatic rings. The molecule has 0 amide bonds. The lowest BCUT2D eigenvalue weighted by Crippen LogP contribution is -2.39. The highest BCUT2D eigenvalue weighted by atomic mass is 79.9. The van der Waals surface area contributed by atoms with Crippen molar-refractivity contribution >= 4 is 15.9 Å². The summed E-state index contributed by atoms with van der Waals surface area (Å²) in [5.74, 6) is 0. The molecule has 5 heteroatoms. The molecular weight excluding hydrogens is 232 g/mol. The minimum Gasteiger partial charge on any atom is -0.378 e. The van der Waals surface area contributed by atoms with Crippen LogP contribution < -0.4 is 0 Å². The SMILES string of the molecule is C=C(N1CCOCC1)C(F)(F)Br. The van der Waals surface area contributed by atoms with Crippen LogP contribution in [0.1, 0.15) is 0 Å². The second-order valence-corrected chi connectivity index (χ2v) is 3.54. The predicted molar refractivity (Wildman–Crippen MR) is 45.4 cm³/mol. The van der Waals surface area contributed by atoms with Gasteiger partial charge in [-0.25, -0.2) is 0 Å². The molecule has 0 atom stereocenters. The quantitative estimate of drug-likeness (QED) is 0.685. The summed E-state index contributed by atoms with van der Waals surface area (Å²) in [7, 11) is 0. The van der Waals surface area contributed by atoms with Crippen LogP contribution in [0.3, 0.4) is 0 Å². The Morgan fingerprint density at radius 1 is 1.42 bits per heavy atom. The number of nitrogens with zero attached hydrogens (tertiary/aromatic N) is 1. The average Bonchev–Trinajstić information content (AvgIpc) is 2.03. The molecule has 0 aliphatic carbocycles. The Bertz CT molecular complexity index is 175. The van der Waals surface area contributed by atoms with E-state index in [-0.39, 0.29) is 5.70 Å². The average molecular weight is 242 g/mol. The van der Waals surface area contributed by atoms with Gasteiger partial charge in [-0.05, 0) is 15.9 Å². The number of hydrogen-bond acceptors (Lipinski definition) is 2. The first kappa shape index (κ1) is 9.92. The molecule has 12 heavy (non-hydrogen) atoms. The molecule has 1 aliphatic heterocycles. The van der Waals surface area contributed by atoms with Gasteiger partial charge in [-0.15, -0.1) is 0 Å². The summed E-state index contributed by atoms with van der Waals surface area (Å²) >= 11 is 2.26. The highest BCUT2D eigenvalue weighted by Gasteiger charge is 2.33. The molecular formula is C7H10BrF2NO. The summed E-state index contributed by atoms with van der Waals surface area (Å²) in [5, 5.41) is 0. The van der Waals surface area contributed by atoms with Gasteiger partial charge >= 0.3 is 4.83 Å². The van der Waals surface area contributed by atoms with Gasteiger partial charge in [-0.2, -0.15) is 8.78 Å². The van der Waals surface area contributed by atoms with Gasteiger partial charge in [0.05, 0.1) is 18.9 Å². The number of allylic oxidation sites excluding steroid dienone is 1. The van der Waals surface area contributed by atoms with Crippen molar-refractivity contribution < 1.29 is 13.5 Å². The molecule has 1 fully saturated rings. The van der Waals surface area contributed by atoms with Crippen LogP contribution in [0, 0.1) is 0 Å². The molecule has 0 spiro atoms. The lowest BCUT2D eigenvalue weighted by Gasteiger charge is -2.31. The van der Waals surface area contributed by atoms with Crippen LogP contribution in [0.5, 0.6) is 0 Å². The summed E-state index contributed by atoms with van der Waals surface area (Å²) in [4.78, 5) is -1.47. The first-order chi connectivity index (χ1) is 5.52. The molecule has 0 aromatic heterocycles. The maximum absolute atomic E-state index is 12.6. The van der Waals surface area contributed by atoms with Crippen molar-refractivity contribution in [2.45, 2.75) is 4.83 Å². The number of hydrogen-bond donors (Lipinski definition) is 0. The number of ether oxygens (including phenoxy) is 1. The molecule has 0 N–H and O–H groups in total. The maximum atomic E-state index is 12.6. The van der Waals surface area contributed by atoms with E-state index in [1.165, 1.54) is 4.90 Å². The fourth-order valence-corrected chi connectivity index (χ4v) is 1.26. The largest absolute Gasteiger partial charge is 0.378 e. The summed E-state index contributed by atoms with van der Waals surface area (Å²) in [6.45, 7) is 5.27. The molecule has 1 rings (SSSR count). The molecule has 0 aromatic carbocycles. The van der Waals surface area contributed by atoms with Gasteiger partial charge in [-0.3, -0.25) is 0 Å². The molecule has 0 saturated carbocycles. The van der Waals surface area contributed by atoms with Gasteiger partial charge in [0.2, 0.25) is 0 Å². The Labute approximate surface area is 78.3 Å². The van der Waals surface area contributed by atoms with E-state index in [0.717, 1.165) is 0 Å². The van der Waals surface area contributed by atoms with Crippen molar-refractivity contribution in [3.8, 4) is 0 Å². The lowest BCUT2D eigenvalue weighted by atomic mass is 10.3. The summed E-state index contributed by atoms with van der Waals surface area (Å²) < 4.78 is 30.3. The predicted octanol–water partition coefficient (Wildman–Crippen LogP) is 1.82. The van der Waals surface area contributed by atoms with Crippen LogP contribution in [-0.4, -0.2) is 36.0 Å². The Morgan fingerprint density at radius 2 is 1.92 bits per heavy atom. The van der Waals surface area contributed by atoms with Crippen LogP contribution >= 0.6 is 15.9 Å². The van der Waals surface area contributed by atoms with Gasteiger partial charge in [0.25, 0.3) is 0 Å². The smallest absolute Gasteiger partial charge is 0.340 e. The van der Waals surface area contributed by atoms with Crippen LogP contribution in [0.2, 0.25) is 0 Å². The van der Waals surface area contributed by atoms with E-state index in [9.17, 15) is 8.78 Å².